The topological polar surface area (TPSA) is 58.4 Å². The van der Waals surface area contributed by atoms with Gasteiger partial charge >= 0.3 is 0 Å². The zero-order chi connectivity index (χ0) is 14.0. The molecule has 2 unspecified atom stereocenters. The van der Waals surface area contributed by atoms with E-state index in [9.17, 15) is 13.6 Å². The number of benzene rings is 1. The van der Waals surface area contributed by atoms with Crippen LogP contribution < -0.4 is 11.1 Å². The Bertz CT molecular complexity index is 471. The normalized spacial score (nSPS) is 23.6. The lowest BCUT2D eigenvalue weighted by atomic mass is 10.1. The van der Waals surface area contributed by atoms with Crippen molar-refractivity contribution in [2.75, 3.05) is 25.0 Å². The molecule has 3 N–H and O–H groups in total. The van der Waals surface area contributed by atoms with Crippen molar-refractivity contribution in [3.8, 4) is 0 Å². The molecule has 4 nitrogen and oxygen atoms in total. The van der Waals surface area contributed by atoms with Crippen LogP contribution in [-0.4, -0.2) is 36.5 Å². The first-order valence-corrected chi connectivity index (χ1v) is 6.18. The smallest absolute Gasteiger partial charge is 0.238 e. The average Bonchev–Trinajstić information content (AvgIpc) is 2.62. The molecule has 1 fully saturated rings. The van der Waals surface area contributed by atoms with Gasteiger partial charge in [-0.2, -0.15) is 0 Å². The number of hydrogen-bond acceptors (Lipinski definition) is 3. The maximum absolute atomic E-state index is 13.4. The third-order valence-electron chi connectivity index (χ3n) is 3.32. The summed E-state index contributed by atoms with van der Waals surface area (Å²) in [5.41, 5.74) is 5.85. The van der Waals surface area contributed by atoms with Crippen molar-refractivity contribution in [3.05, 3.63) is 29.8 Å². The summed E-state index contributed by atoms with van der Waals surface area (Å²) in [6, 6.07) is 3.12. The minimum Gasteiger partial charge on any atom is -0.326 e. The summed E-state index contributed by atoms with van der Waals surface area (Å²) >= 11 is 0. The minimum atomic E-state index is -0.778. The highest BCUT2D eigenvalue weighted by Gasteiger charge is 2.27. The second-order valence-electron chi connectivity index (χ2n) is 5.01. The lowest BCUT2D eigenvalue weighted by Gasteiger charge is -2.15. The fourth-order valence-electron chi connectivity index (χ4n) is 2.21. The number of amides is 1. The number of halogens is 2. The Labute approximate surface area is 110 Å². The molecule has 1 aromatic carbocycles. The predicted octanol–water partition coefficient (Wildman–Crippen LogP) is 1.18. The Balaban J connectivity index is 1.91. The van der Waals surface area contributed by atoms with Crippen molar-refractivity contribution in [1.82, 2.24) is 4.90 Å². The number of hydrogen-bond donors (Lipinski definition) is 2. The number of anilines is 1. The van der Waals surface area contributed by atoms with Gasteiger partial charge in [-0.3, -0.25) is 9.69 Å². The van der Waals surface area contributed by atoms with E-state index in [-0.39, 0.29) is 24.2 Å². The highest BCUT2D eigenvalue weighted by molar-refractivity contribution is 5.92. The number of likely N-dealkylation sites (tertiary alicyclic amines) is 1. The monoisotopic (exact) mass is 269 g/mol. The molecule has 0 aliphatic carbocycles. The third kappa shape index (κ3) is 3.48. The Kier molecular flexibility index (Phi) is 4.11. The van der Waals surface area contributed by atoms with Crippen LogP contribution >= 0.6 is 0 Å². The van der Waals surface area contributed by atoms with E-state index >= 15 is 0 Å². The summed E-state index contributed by atoms with van der Waals surface area (Å²) in [4.78, 5) is 13.7. The third-order valence-corrected chi connectivity index (χ3v) is 3.32. The Morgan fingerprint density at radius 1 is 1.47 bits per heavy atom. The first kappa shape index (κ1) is 13.9. The van der Waals surface area contributed by atoms with Crippen LogP contribution in [0.15, 0.2) is 18.2 Å². The van der Waals surface area contributed by atoms with Crippen LogP contribution in [0.25, 0.3) is 0 Å². The van der Waals surface area contributed by atoms with Crippen molar-refractivity contribution < 1.29 is 13.6 Å². The van der Waals surface area contributed by atoms with Crippen molar-refractivity contribution in [1.29, 1.82) is 0 Å². The second-order valence-corrected chi connectivity index (χ2v) is 5.01. The molecule has 2 rings (SSSR count). The Morgan fingerprint density at radius 3 is 2.79 bits per heavy atom. The van der Waals surface area contributed by atoms with Gasteiger partial charge in [-0.25, -0.2) is 8.78 Å². The number of nitrogens with one attached hydrogen (secondary N) is 1. The van der Waals surface area contributed by atoms with Crippen LogP contribution in [0.2, 0.25) is 0 Å². The van der Waals surface area contributed by atoms with Gasteiger partial charge in [-0.1, -0.05) is 6.92 Å². The molecule has 1 heterocycles. The lowest BCUT2D eigenvalue weighted by Crippen LogP contribution is -2.33. The van der Waals surface area contributed by atoms with E-state index in [0.29, 0.717) is 12.5 Å². The molecular weight excluding hydrogens is 252 g/mol. The summed E-state index contributed by atoms with van der Waals surface area (Å²) < 4.78 is 26.1. The van der Waals surface area contributed by atoms with E-state index in [0.717, 1.165) is 18.7 Å². The zero-order valence-corrected chi connectivity index (χ0v) is 10.7. The number of carbonyl (C=O) groups excluding carboxylic acids is 1. The van der Waals surface area contributed by atoms with Crippen molar-refractivity contribution >= 4 is 11.6 Å². The first-order valence-electron chi connectivity index (χ1n) is 6.18. The number of nitrogens with zero attached hydrogens (tertiary/aromatic N) is 1. The van der Waals surface area contributed by atoms with Gasteiger partial charge in [0.15, 0.2) is 0 Å². The van der Waals surface area contributed by atoms with Crippen LogP contribution in [0.3, 0.4) is 0 Å². The summed E-state index contributed by atoms with van der Waals surface area (Å²) in [6.07, 6.45) is 0. The summed E-state index contributed by atoms with van der Waals surface area (Å²) in [5.74, 6) is -1.43. The van der Waals surface area contributed by atoms with Gasteiger partial charge < -0.3 is 11.1 Å². The van der Waals surface area contributed by atoms with Crippen molar-refractivity contribution in [3.63, 3.8) is 0 Å². The van der Waals surface area contributed by atoms with Gasteiger partial charge in [0.2, 0.25) is 5.91 Å². The Morgan fingerprint density at radius 2 is 2.21 bits per heavy atom. The highest BCUT2D eigenvalue weighted by atomic mass is 19.1. The minimum absolute atomic E-state index is 0.0112. The standard InChI is InChI=1S/C13H17F2N3O/c1-8-5-18(6-11(8)16)7-13(19)17-12-3-2-9(14)4-10(12)15/h2-4,8,11H,5-7,16H2,1H3,(H,17,19). The summed E-state index contributed by atoms with van der Waals surface area (Å²) in [5, 5.41) is 2.43. The Hall–Kier alpha value is -1.53. The molecule has 104 valence electrons. The molecule has 0 saturated carbocycles. The van der Waals surface area contributed by atoms with Crippen LogP contribution in [0, 0.1) is 17.6 Å². The highest BCUT2D eigenvalue weighted by Crippen LogP contribution is 2.16. The maximum Gasteiger partial charge on any atom is 0.238 e. The molecule has 1 saturated heterocycles. The van der Waals surface area contributed by atoms with Crippen molar-refractivity contribution in [2.45, 2.75) is 13.0 Å². The fourth-order valence-corrected chi connectivity index (χ4v) is 2.21. The molecule has 19 heavy (non-hydrogen) atoms. The number of nitrogens with two attached hydrogens (primary N) is 1. The molecule has 1 aliphatic rings. The van der Waals surface area contributed by atoms with Gasteiger partial charge in [0.25, 0.3) is 0 Å². The molecule has 2 atom stereocenters. The van der Waals surface area contributed by atoms with Crippen molar-refractivity contribution in [2.24, 2.45) is 11.7 Å². The van der Waals surface area contributed by atoms with E-state index in [4.69, 9.17) is 5.73 Å². The summed E-state index contributed by atoms with van der Waals surface area (Å²) in [7, 11) is 0. The van der Waals surface area contributed by atoms with Gasteiger partial charge in [0.05, 0.1) is 12.2 Å². The van der Waals surface area contributed by atoms with Crippen LogP contribution in [-0.2, 0) is 4.79 Å². The molecule has 1 aromatic rings. The maximum atomic E-state index is 13.4. The van der Waals surface area contributed by atoms with Gasteiger partial charge in [0, 0.05) is 25.2 Å². The molecule has 0 bridgehead atoms. The van der Waals surface area contributed by atoms with Crippen LogP contribution in [0.1, 0.15) is 6.92 Å². The predicted molar refractivity (Wildman–Crippen MR) is 68.6 cm³/mol. The van der Waals surface area contributed by atoms with Gasteiger partial charge in [-0.05, 0) is 18.1 Å². The molecule has 0 radical (unpaired) electrons. The number of rotatable bonds is 3. The quantitative estimate of drug-likeness (QED) is 0.866. The van der Waals surface area contributed by atoms with E-state index in [2.05, 4.69) is 5.32 Å². The van der Waals surface area contributed by atoms with E-state index in [1.165, 1.54) is 6.07 Å². The van der Waals surface area contributed by atoms with E-state index in [1.54, 1.807) is 0 Å². The van der Waals surface area contributed by atoms with E-state index in [1.807, 2.05) is 11.8 Å². The zero-order valence-electron chi connectivity index (χ0n) is 10.7. The largest absolute Gasteiger partial charge is 0.326 e. The van der Waals surface area contributed by atoms with E-state index < -0.39 is 11.6 Å². The molecule has 0 spiro atoms. The average molecular weight is 269 g/mol. The first-order chi connectivity index (χ1) is 8.95. The second kappa shape index (κ2) is 5.63. The summed E-state index contributed by atoms with van der Waals surface area (Å²) in [6.45, 7) is 3.60. The van der Waals surface area contributed by atoms with Gasteiger partial charge in [0.1, 0.15) is 11.6 Å². The molecule has 1 amide bonds. The SMILES string of the molecule is CC1CN(CC(=O)Nc2ccc(F)cc2F)CC1N. The molecule has 1 aliphatic heterocycles. The van der Waals surface area contributed by atoms with Crippen LogP contribution in [0.5, 0.6) is 0 Å². The molecule has 0 aromatic heterocycles. The molecular formula is C13H17F2N3O. The lowest BCUT2D eigenvalue weighted by molar-refractivity contribution is -0.117. The molecule has 6 heteroatoms. The number of carbonyl (C=O) groups is 1. The van der Waals surface area contributed by atoms with Crippen LogP contribution in [0.4, 0.5) is 14.5 Å². The fraction of sp³-hybridized carbons (Fsp3) is 0.462. The van der Waals surface area contributed by atoms with Gasteiger partial charge in [-0.15, -0.1) is 0 Å².